The van der Waals surface area contributed by atoms with E-state index in [9.17, 15) is 9.18 Å². The highest BCUT2D eigenvalue weighted by molar-refractivity contribution is 9.10. The zero-order valence-electron chi connectivity index (χ0n) is 20.3. The molecule has 2 aromatic rings. The molecule has 2 aliphatic heterocycles. The predicted octanol–water partition coefficient (Wildman–Crippen LogP) is 5.53. The molecule has 1 amide bonds. The summed E-state index contributed by atoms with van der Waals surface area (Å²) in [4.78, 5) is 20.8. The van der Waals surface area contributed by atoms with Crippen molar-refractivity contribution in [2.45, 2.75) is 58.2 Å². The van der Waals surface area contributed by atoms with Crippen LogP contribution < -0.4 is 4.90 Å². The lowest BCUT2D eigenvalue weighted by Gasteiger charge is -2.46. The third-order valence-corrected chi connectivity index (χ3v) is 7.77. The van der Waals surface area contributed by atoms with Gasteiger partial charge >= 0.3 is 0 Å². The van der Waals surface area contributed by atoms with Crippen LogP contribution in [0.25, 0.3) is 0 Å². The number of hydrogen-bond donors (Lipinski definition) is 0. The molecule has 0 aromatic heterocycles. The molecule has 0 saturated carbocycles. The minimum absolute atomic E-state index is 0.0184. The van der Waals surface area contributed by atoms with Gasteiger partial charge in [-0.05, 0) is 76.6 Å². The lowest BCUT2D eigenvalue weighted by Crippen LogP contribution is -2.59. The maximum Gasteiger partial charge on any atom is 0.227 e. The van der Waals surface area contributed by atoms with Crippen LogP contribution in [0.4, 0.5) is 10.1 Å². The molecule has 2 aliphatic rings. The summed E-state index contributed by atoms with van der Waals surface area (Å²) in [7, 11) is 0. The number of halogens is 2. The number of amides is 1. The van der Waals surface area contributed by atoms with Gasteiger partial charge in [-0.1, -0.05) is 28.1 Å². The van der Waals surface area contributed by atoms with Crippen molar-refractivity contribution in [3.63, 3.8) is 0 Å². The molecule has 2 heterocycles. The average molecular weight is 516 g/mol. The molecule has 33 heavy (non-hydrogen) atoms. The van der Waals surface area contributed by atoms with Crippen molar-refractivity contribution in [3.05, 3.63) is 64.4 Å². The highest BCUT2D eigenvalue weighted by Crippen LogP contribution is 2.38. The molecular weight excluding hydrogens is 481 g/mol. The molecule has 4 atom stereocenters. The molecule has 4 nitrogen and oxygen atoms in total. The molecule has 0 N–H and O–H groups in total. The SMILES string of the molecule is C[C@@H]1CN(C(=O)[C@H]2CN(C(C)(C)C)C[C@@H]2c2ccc(Br)cc2)C[C@H](C)N1c1ccc(F)cc1. The number of likely N-dealkylation sites (tertiary alicyclic amines) is 1. The summed E-state index contributed by atoms with van der Waals surface area (Å²) in [5, 5.41) is 0. The number of nitrogens with zero attached hydrogens (tertiary/aromatic N) is 3. The molecule has 0 radical (unpaired) electrons. The van der Waals surface area contributed by atoms with E-state index in [0.29, 0.717) is 13.1 Å². The van der Waals surface area contributed by atoms with Gasteiger partial charge in [0.15, 0.2) is 0 Å². The van der Waals surface area contributed by atoms with Crippen LogP contribution in [-0.4, -0.2) is 59.5 Å². The van der Waals surface area contributed by atoms with E-state index >= 15 is 0 Å². The van der Waals surface area contributed by atoms with E-state index in [2.05, 4.69) is 89.5 Å². The number of benzene rings is 2. The summed E-state index contributed by atoms with van der Waals surface area (Å²) < 4.78 is 14.5. The largest absolute Gasteiger partial charge is 0.363 e. The maximum atomic E-state index is 13.9. The standard InChI is InChI=1S/C27H35BrFN3O/c1-18-14-30(15-19(2)32(18)23-12-10-22(29)11-13-23)26(33)25-17-31(27(3,4)5)16-24(25)20-6-8-21(28)9-7-20/h6-13,18-19,24-25H,14-17H2,1-5H3/t18-,19+,24-,25+/m1/s1. The third kappa shape index (κ3) is 5.12. The Morgan fingerprint density at radius 2 is 1.48 bits per heavy atom. The second-order valence-corrected chi connectivity index (χ2v) is 11.6. The van der Waals surface area contributed by atoms with Crippen LogP contribution in [0.2, 0.25) is 0 Å². The molecule has 6 heteroatoms. The molecule has 0 spiro atoms. The summed E-state index contributed by atoms with van der Waals surface area (Å²) in [6.45, 7) is 14.0. The number of carbonyl (C=O) groups excluding carboxylic acids is 1. The number of rotatable bonds is 3. The van der Waals surface area contributed by atoms with Gasteiger partial charge in [0, 0.05) is 59.9 Å². The van der Waals surface area contributed by atoms with Crippen LogP contribution in [0.3, 0.4) is 0 Å². The van der Waals surface area contributed by atoms with Gasteiger partial charge in [-0.3, -0.25) is 9.69 Å². The smallest absolute Gasteiger partial charge is 0.227 e. The van der Waals surface area contributed by atoms with Gasteiger partial charge in [-0.25, -0.2) is 4.39 Å². The van der Waals surface area contributed by atoms with E-state index in [0.717, 1.165) is 23.2 Å². The monoisotopic (exact) mass is 515 g/mol. The van der Waals surface area contributed by atoms with Crippen molar-refractivity contribution in [2.75, 3.05) is 31.1 Å². The highest BCUT2D eigenvalue weighted by Gasteiger charge is 2.45. The second-order valence-electron chi connectivity index (χ2n) is 10.7. The van der Waals surface area contributed by atoms with Crippen molar-refractivity contribution in [1.29, 1.82) is 0 Å². The Balaban J connectivity index is 1.55. The quantitative estimate of drug-likeness (QED) is 0.537. The normalized spacial score (nSPS) is 26.6. The van der Waals surface area contributed by atoms with Crippen molar-refractivity contribution >= 4 is 27.5 Å². The zero-order valence-corrected chi connectivity index (χ0v) is 21.8. The van der Waals surface area contributed by atoms with E-state index in [1.807, 2.05) is 12.1 Å². The molecule has 4 rings (SSSR count). The summed E-state index contributed by atoms with van der Waals surface area (Å²) in [6.07, 6.45) is 0. The molecule has 0 bridgehead atoms. The number of piperazine rings is 1. The first kappa shape index (κ1) is 24.2. The maximum absolute atomic E-state index is 13.9. The third-order valence-electron chi connectivity index (χ3n) is 7.24. The Morgan fingerprint density at radius 3 is 2.03 bits per heavy atom. The van der Waals surface area contributed by atoms with Gasteiger partial charge in [0.05, 0.1) is 5.92 Å². The van der Waals surface area contributed by atoms with Crippen LogP contribution in [0, 0.1) is 11.7 Å². The second kappa shape index (κ2) is 9.38. The molecule has 0 unspecified atom stereocenters. The Morgan fingerprint density at radius 1 is 0.909 bits per heavy atom. The van der Waals surface area contributed by atoms with E-state index in [1.165, 1.54) is 17.7 Å². The number of hydrogen-bond acceptors (Lipinski definition) is 3. The van der Waals surface area contributed by atoms with E-state index < -0.39 is 0 Å². The summed E-state index contributed by atoms with van der Waals surface area (Å²) in [6, 6.07) is 15.5. The molecule has 2 aromatic carbocycles. The molecular formula is C27H35BrFN3O. The minimum atomic E-state index is -0.225. The fourth-order valence-electron chi connectivity index (χ4n) is 5.51. The Labute approximate surface area is 205 Å². The minimum Gasteiger partial charge on any atom is -0.363 e. The van der Waals surface area contributed by atoms with Gasteiger partial charge in [-0.15, -0.1) is 0 Å². The fraction of sp³-hybridized carbons (Fsp3) is 0.519. The fourth-order valence-corrected chi connectivity index (χ4v) is 5.77. The van der Waals surface area contributed by atoms with E-state index in [1.54, 1.807) is 0 Å². The highest BCUT2D eigenvalue weighted by atomic mass is 79.9. The molecule has 178 valence electrons. The zero-order chi connectivity index (χ0) is 23.9. The first-order valence-corrected chi connectivity index (χ1v) is 12.7. The first-order chi connectivity index (χ1) is 15.5. The van der Waals surface area contributed by atoms with Crippen molar-refractivity contribution < 1.29 is 9.18 Å². The molecule has 2 saturated heterocycles. The number of carbonyl (C=O) groups is 1. The Kier molecular flexibility index (Phi) is 6.88. The lowest BCUT2D eigenvalue weighted by molar-refractivity contribution is -0.137. The Hall–Kier alpha value is -1.92. The van der Waals surface area contributed by atoms with Gasteiger partial charge in [0.2, 0.25) is 5.91 Å². The topological polar surface area (TPSA) is 26.8 Å². The van der Waals surface area contributed by atoms with Crippen molar-refractivity contribution in [3.8, 4) is 0 Å². The van der Waals surface area contributed by atoms with Crippen LogP contribution in [0.5, 0.6) is 0 Å². The summed E-state index contributed by atoms with van der Waals surface area (Å²) >= 11 is 3.54. The van der Waals surface area contributed by atoms with Gasteiger partial charge in [-0.2, -0.15) is 0 Å². The van der Waals surface area contributed by atoms with E-state index in [4.69, 9.17) is 0 Å². The van der Waals surface area contributed by atoms with Gasteiger partial charge in [0.1, 0.15) is 5.82 Å². The molecule has 0 aliphatic carbocycles. The summed E-state index contributed by atoms with van der Waals surface area (Å²) in [5.74, 6) is 0.163. The van der Waals surface area contributed by atoms with Crippen LogP contribution in [0.1, 0.15) is 46.1 Å². The Bertz CT molecular complexity index is 960. The van der Waals surface area contributed by atoms with Gasteiger partial charge in [0.25, 0.3) is 0 Å². The first-order valence-electron chi connectivity index (χ1n) is 11.9. The van der Waals surface area contributed by atoms with Crippen LogP contribution in [-0.2, 0) is 4.79 Å². The number of anilines is 1. The van der Waals surface area contributed by atoms with Crippen LogP contribution >= 0.6 is 15.9 Å². The molecule has 2 fully saturated rings. The van der Waals surface area contributed by atoms with Gasteiger partial charge < -0.3 is 9.80 Å². The predicted molar refractivity (Wildman–Crippen MR) is 136 cm³/mol. The van der Waals surface area contributed by atoms with E-state index in [-0.39, 0.29) is 41.2 Å². The lowest BCUT2D eigenvalue weighted by atomic mass is 9.87. The average Bonchev–Trinajstić information content (AvgIpc) is 3.20. The van der Waals surface area contributed by atoms with Crippen LogP contribution in [0.15, 0.2) is 53.0 Å². The summed E-state index contributed by atoms with van der Waals surface area (Å²) in [5.41, 5.74) is 2.26. The van der Waals surface area contributed by atoms with Crippen molar-refractivity contribution in [2.24, 2.45) is 5.92 Å². The van der Waals surface area contributed by atoms with Crippen molar-refractivity contribution in [1.82, 2.24) is 9.80 Å².